The summed E-state index contributed by atoms with van der Waals surface area (Å²) in [6, 6.07) is 1.99. The molecular formula is C23H37F3N2O4. The Kier molecular flexibility index (Phi) is 24.8. The lowest BCUT2D eigenvalue weighted by Gasteiger charge is -2.12. The van der Waals surface area contributed by atoms with Crippen LogP contribution in [-0.2, 0) is 4.84 Å². The van der Waals surface area contributed by atoms with Crippen molar-refractivity contribution < 1.29 is 33.0 Å². The maximum Gasteiger partial charge on any atom is 0.182 e. The quantitative estimate of drug-likeness (QED) is 0.361. The average molecular weight is 463 g/mol. The Morgan fingerprint density at radius 1 is 1.16 bits per heavy atom. The van der Waals surface area contributed by atoms with Crippen LogP contribution in [0.5, 0.6) is 0 Å². The van der Waals surface area contributed by atoms with E-state index in [1.165, 1.54) is 12.2 Å². The highest BCUT2D eigenvalue weighted by Gasteiger charge is 2.16. The molecule has 0 bridgehead atoms. The van der Waals surface area contributed by atoms with Gasteiger partial charge in [0.2, 0.25) is 0 Å². The number of aliphatic hydroxyl groups excluding tert-OH is 2. The van der Waals surface area contributed by atoms with Gasteiger partial charge in [-0.1, -0.05) is 38.5 Å². The molecule has 0 aliphatic heterocycles. The molecule has 0 saturated heterocycles. The molecule has 1 aromatic carbocycles. The number of hydrogen-bond donors (Lipinski definition) is 4. The lowest BCUT2D eigenvalue weighted by Crippen LogP contribution is -2.06. The van der Waals surface area contributed by atoms with Gasteiger partial charge in [-0.05, 0) is 38.0 Å². The van der Waals surface area contributed by atoms with E-state index in [1.807, 2.05) is 20.8 Å². The van der Waals surface area contributed by atoms with Crippen LogP contribution in [0.1, 0.15) is 50.9 Å². The van der Waals surface area contributed by atoms with Crippen LogP contribution in [-0.4, -0.2) is 44.4 Å². The Balaban J connectivity index is -0.000000589. The zero-order chi connectivity index (χ0) is 25.5. The van der Waals surface area contributed by atoms with Crippen LogP contribution in [0.3, 0.4) is 0 Å². The monoisotopic (exact) mass is 462 g/mol. The van der Waals surface area contributed by atoms with Crippen molar-refractivity contribution in [1.29, 1.82) is 0 Å². The maximum absolute atomic E-state index is 13.9. The molecular weight excluding hydrogens is 425 g/mol. The van der Waals surface area contributed by atoms with Crippen molar-refractivity contribution in [3.8, 4) is 0 Å². The van der Waals surface area contributed by atoms with Gasteiger partial charge in [-0.15, -0.1) is 0 Å². The highest BCUT2D eigenvalue weighted by atomic mass is 19.2. The van der Waals surface area contributed by atoms with E-state index in [9.17, 15) is 18.0 Å². The fourth-order valence-electron chi connectivity index (χ4n) is 1.83. The topological polar surface area (TPSA) is 90.8 Å². The molecule has 1 aliphatic carbocycles. The summed E-state index contributed by atoms with van der Waals surface area (Å²) in [4.78, 5) is 15.2. The molecule has 0 aromatic heterocycles. The molecule has 0 fully saturated rings. The summed E-state index contributed by atoms with van der Waals surface area (Å²) in [5.74, 6) is -2.92. The number of carbonyl (C=O) groups excluding carboxylic acids is 1. The fourth-order valence-corrected chi connectivity index (χ4v) is 1.83. The highest BCUT2D eigenvalue weighted by Crippen LogP contribution is 2.27. The summed E-state index contributed by atoms with van der Waals surface area (Å²) < 4.78 is 40.8. The third kappa shape index (κ3) is 14.5. The van der Waals surface area contributed by atoms with Gasteiger partial charge in [-0.25, -0.2) is 18.7 Å². The average Bonchev–Trinajstić information content (AvgIpc) is 2.99. The minimum atomic E-state index is -1.21. The molecule has 32 heavy (non-hydrogen) atoms. The highest BCUT2D eigenvalue weighted by molar-refractivity contribution is 5.85. The Labute approximate surface area is 189 Å². The van der Waals surface area contributed by atoms with Crippen molar-refractivity contribution in [3.63, 3.8) is 0 Å². The molecule has 9 heteroatoms. The van der Waals surface area contributed by atoms with Crippen molar-refractivity contribution >= 4 is 12.0 Å². The number of nitrogens with one attached hydrogen (secondary N) is 2. The van der Waals surface area contributed by atoms with Crippen LogP contribution < -0.4 is 10.8 Å². The standard InChI is InChI=1S/C15H12F3NO.C3H8O.C2H7NO.C2H6.CH4O/c1-9-3-2-4-13(12(17)7-9)19-15-10(8-20)5-6-11(16)14(15)18;1-2-3-4;1-3-4-2;2*1-2/h3-8,19H,2H2,1H3;4H,2-3H2,1H3;3H,1-2H3;1-2H3;2H,1H3. The molecule has 0 amide bonds. The zero-order valence-corrected chi connectivity index (χ0v) is 19.9. The van der Waals surface area contributed by atoms with Gasteiger partial charge in [0, 0.05) is 26.3 Å². The van der Waals surface area contributed by atoms with E-state index in [2.05, 4.69) is 15.6 Å². The first-order chi connectivity index (χ1) is 15.4. The second-order valence-corrected chi connectivity index (χ2v) is 5.49. The van der Waals surface area contributed by atoms with Crippen LogP contribution in [0.25, 0.3) is 0 Å². The van der Waals surface area contributed by atoms with E-state index in [0.29, 0.717) is 19.3 Å². The number of carbonyl (C=O) groups is 1. The van der Waals surface area contributed by atoms with Crippen molar-refractivity contribution in [2.24, 2.45) is 0 Å². The van der Waals surface area contributed by atoms with Crippen LogP contribution in [0.2, 0.25) is 0 Å². The lowest BCUT2D eigenvalue weighted by molar-refractivity contribution is 0.112. The van der Waals surface area contributed by atoms with Gasteiger partial charge < -0.3 is 20.4 Å². The predicted molar refractivity (Wildman–Crippen MR) is 124 cm³/mol. The van der Waals surface area contributed by atoms with E-state index >= 15 is 0 Å². The summed E-state index contributed by atoms with van der Waals surface area (Å²) in [6.45, 7) is 7.98. The lowest BCUT2D eigenvalue weighted by atomic mass is 10.1. The van der Waals surface area contributed by atoms with Gasteiger partial charge in [0.15, 0.2) is 17.9 Å². The molecule has 184 valence electrons. The summed E-state index contributed by atoms with van der Waals surface area (Å²) in [5.41, 5.74) is 2.72. The van der Waals surface area contributed by atoms with Crippen molar-refractivity contribution in [3.05, 3.63) is 64.7 Å². The molecule has 0 atom stereocenters. The number of halogens is 3. The molecule has 2 rings (SSSR count). The number of aliphatic hydroxyl groups is 2. The second kappa shape index (κ2) is 23.2. The molecule has 0 radical (unpaired) electrons. The van der Waals surface area contributed by atoms with Gasteiger partial charge >= 0.3 is 0 Å². The first-order valence-electron chi connectivity index (χ1n) is 10.1. The third-order valence-electron chi connectivity index (χ3n) is 3.31. The predicted octanol–water partition coefficient (Wildman–Crippen LogP) is 5.07. The summed E-state index contributed by atoms with van der Waals surface area (Å²) in [6.07, 6.45) is 6.28. The normalized spacial score (nSPS) is 11.6. The number of rotatable bonds is 5. The Morgan fingerprint density at radius 3 is 2.12 bits per heavy atom. The molecule has 0 saturated carbocycles. The Morgan fingerprint density at radius 2 is 1.69 bits per heavy atom. The number of allylic oxidation sites excluding steroid dienone is 5. The van der Waals surface area contributed by atoms with Gasteiger partial charge in [-0.3, -0.25) is 4.79 Å². The number of benzene rings is 1. The van der Waals surface area contributed by atoms with E-state index in [-0.39, 0.29) is 16.9 Å². The largest absolute Gasteiger partial charge is 0.400 e. The third-order valence-corrected chi connectivity index (χ3v) is 3.31. The van der Waals surface area contributed by atoms with Crippen LogP contribution in [0.15, 0.2) is 47.5 Å². The number of hydrogen-bond acceptors (Lipinski definition) is 6. The van der Waals surface area contributed by atoms with Crippen LogP contribution >= 0.6 is 0 Å². The van der Waals surface area contributed by atoms with Crippen LogP contribution in [0, 0.1) is 11.6 Å². The van der Waals surface area contributed by atoms with Gasteiger partial charge in [-0.2, -0.15) is 0 Å². The number of hydroxylamine groups is 1. The SMILES string of the molecule is CC.CC1=CCC=C(Nc2c(C=O)ccc(F)c2F)C(F)=C1.CCCO.CNOC.CO. The zero-order valence-electron chi connectivity index (χ0n) is 19.9. The van der Waals surface area contributed by atoms with Gasteiger partial charge in [0.05, 0.1) is 18.5 Å². The first kappa shape index (κ1) is 34.2. The second-order valence-electron chi connectivity index (χ2n) is 5.49. The summed E-state index contributed by atoms with van der Waals surface area (Å²) in [5, 5.41) is 17.3. The smallest absolute Gasteiger partial charge is 0.182 e. The van der Waals surface area contributed by atoms with E-state index in [4.69, 9.17) is 10.2 Å². The van der Waals surface area contributed by atoms with Crippen molar-refractivity contribution in [2.75, 3.05) is 33.2 Å². The van der Waals surface area contributed by atoms with Gasteiger partial charge in [0.25, 0.3) is 0 Å². The summed E-state index contributed by atoms with van der Waals surface area (Å²) in [7, 11) is 4.28. The molecule has 4 N–H and O–H groups in total. The molecule has 1 aliphatic rings. The molecule has 0 heterocycles. The van der Waals surface area contributed by atoms with E-state index in [1.54, 1.807) is 27.2 Å². The Bertz CT molecular complexity index is 713. The van der Waals surface area contributed by atoms with Crippen LogP contribution in [0.4, 0.5) is 18.9 Å². The summed E-state index contributed by atoms with van der Waals surface area (Å²) >= 11 is 0. The molecule has 6 nitrogen and oxygen atoms in total. The Hall–Kier alpha value is -2.46. The van der Waals surface area contributed by atoms with E-state index < -0.39 is 17.5 Å². The van der Waals surface area contributed by atoms with Crippen molar-refractivity contribution in [2.45, 2.75) is 40.5 Å². The molecule has 0 unspecified atom stereocenters. The maximum atomic E-state index is 13.9. The molecule has 1 aromatic rings. The minimum Gasteiger partial charge on any atom is -0.400 e. The van der Waals surface area contributed by atoms with E-state index in [0.717, 1.165) is 31.2 Å². The van der Waals surface area contributed by atoms with Gasteiger partial charge in [0.1, 0.15) is 5.83 Å². The fraction of sp³-hybridized carbons (Fsp3) is 0.435. The number of anilines is 1. The number of aldehydes is 1. The van der Waals surface area contributed by atoms with Crippen molar-refractivity contribution in [1.82, 2.24) is 5.48 Å². The first-order valence-corrected chi connectivity index (χ1v) is 10.1. The molecule has 0 spiro atoms. The minimum absolute atomic E-state index is 0.00528.